The van der Waals surface area contributed by atoms with E-state index in [2.05, 4.69) is 166 Å². The molecule has 0 spiro atoms. The van der Waals surface area contributed by atoms with Gasteiger partial charge in [-0.25, -0.2) is 4.85 Å². The molecule has 0 N–H and O–H groups in total. The molecule has 0 fully saturated rings. The molecule has 0 saturated carbocycles. The maximum atomic E-state index is 12.1. The summed E-state index contributed by atoms with van der Waals surface area (Å²) in [6.45, 7) is 9.37. The highest BCUT2D eigenvalue weighted by Crippen LogP contribution is 2.55. The molecule has 0 aliphatic heterocycles. The van der Waals surface area contributed by atoms with Crippen molar-refractivity contribution in [2.75, 3.05) is 0 Å². The predicted molar refractivity (Wildman–Crippen MR) is 283 cm³/mol. The third kappa shape index (κ3) is 4.71. The maximum absolute atomic E-state index is 12.1. The molecule has 5 nitrogen and oxygen atoms in total. The van der Waals surface area contributed by atoms with Crippen molar-refractivity contribution in [1.29, 1.82) is 5.26 Å². The molecule has 312 valence electrons. The topological polar surface area (TPSA) is 51.1 Å². The molecule has 68 heavy (non-hydrogen) atoms. The molecule has 15 aromatic rings. The molecular formula is C62H32N4OS. The number of rotatable bonds is 4. The number of fused-ring (bicyclic) bond motifs is 14. The third-order valence-electron chi connectivity index (χ3n) is 14.3. The van der Waals surface area contributed by atoms with Crippen LogP contribution >= 0.6 is 11.3 Å². The number of nitriles is 1. The van der Waals surface area contributed by atoms with Gasteiger partial charge in [0.1, 0.15) is 17.2 Å². The number of nitrogens with zero attached hydrogens (tertiary/aromatic N) is 4. The summed E-state index contributed by atoms with van der Waals surface area (Å²) >= 11 is 1.78. The van der Waals surface area contributed by atoms with Crippen LogP contribution in [0.25, 0.3) is 146 Å². The fraction of sp³-hybridized carbons (Fsp3) is 0. The minimum atomic E-state index is 0.411. The number of para-hydroxylation sites is 1. The zero-order valence-electron chi connectivity index (χ0n) is 36.1. The highest BCUT2D eigenvalue weighted by Gasteiger charge is 2.33. The van der Waals surface area contributed by atoms with Crippen molar-refractivity contribution in [1.82, 2.24) is 9.13 Å². The van der Waals surface area contributed by atoms with E-state index in [4.69, 9.17) is 4.42 Å². The van der Waals surface area contributed by atoms with E-state index in [1.165, 1.54) is 20.9 Å². The summed E-state index contributed by atoms with van der Waals surface area (Å²) in [6.07, 6.45) is 0. The Morgan fingerprint density at radius 1 is 0.441 bits per heavy atom. The zero-order valence-corrected chi connectivity index (χ0v) is 36.9. The molecule has 0 radical (unpaired) electrons. The Kier molecular flexibility index (Phi) is 7.45. The van der Waals surface area contributed by atoms with Gasteiger partial charge in [0.05, 0.1) is 55.7 Å². The van der Waals surface area contributed by atoms with Crippen molar-refractivity contribution in [2.24, 2.45) is 0 Å². The lowest BCUT2D eigenvalue weighted by Crippen LogP contribution is -2.09. The summed E-state index contributed by atoms with van der Waals surface area (Å²) in [4.78, 5) is 4.58. The Labute approximate surface area is 391 Å². The normalized spacial score (nSPS) is 12.1. The van der Waals surface area contributed by atoms with Gasteiger partial charge in [0.2, 0.25) is 5.69 Å². The van der Waals surface area contributed by atoms with Crippen molar-refractivity contribution in [2.45, 2.75) is 0 Å². The molecule has 4 heterocycles. The lowest BCUT2D eigenvalue weighted by Gasteiger charge is -2.26. The van der Waals surface area contributed by atoms with Crippen LogP contribution in [0.3, 0.4) is 0 Å². The lowest BCUT2D eigenvalue weighted by molar-refractivity contribution is 0.669. The Morgan fingerprint density at radius 3 is 1.68 bits per heavy atom. The monoisotopic (exact) mass is 880 g/mol. The van der Waals surface area contributed by atoms with Crippen LogP contribution in [-0.2, 0) is 0 Å². The van der Waals surface area contributed by atoms with E-state index in [1.807, 2.05) is 48.5 Å². The van der Waals surface area contributed by atoms with Gasteiger partial charge in [0.15, 0.2) is 0 Å². The Balaban J connectivity index is 1.27. The second-order valence-electron chi connectivity index (χ2n) is 17.6. The second kappa shape index (κ2) is 13.7. The standard InChI is InChI=1S/C62H32N4OS/c1-64-57-52(35-16-4-2-5-17-35)46(34-63)59(53(36-18-6-3-7-19-36)61(57)65-47-26-14-24-40-37-20-8-9-21-38(37)41-25-15-27-48(65)55(41)54(40)47)66-58-42(32-33-50-56(58)45-23-10-12-28-49(45)67-50)43-30-31-44-39-22-11-13-29-51(39)68-62(44)60(43)66/h2-33H. The first-order chi connectivity index (χ1) is 33.7. The van der Waals surface area contributed by atoms with Gasteiger partial charge in [-0.05, 0) is 69.1 Å². The summed E-state index contributed by atoms with van der Waals surface area (Å²) in [5.41, 5.74) is 10.8. The average molecular weight is 881 g/mol. The molecule has 15 rings (SSSR count). The van der Waals surface area contributed by atoms with Gasteiger partial charge in [-0.3, -0.25) is 0 Å². The van der Waals surface area contributed by atoms with E-state index in [1.54, 1.807) is 11.3 Å². The van der Waals surface area contributed by atoms with E-state index in [0.717, 1.165) is 109 Å². The van der Waals surface area contributed by atoms with Crippen molar-refractivity contribution in [3.8, 4) is 39.7 Å². The van der Waals surface area contributed by atoms with Crippen LogP contribution < -0.4 is 0 Å². The third-order valence-corrected chi connectivity index (χ3v) is 15.5. The SMILES string of the molecule is [C-]#[N+]c1c(-c2ccccc2)c(C#N)c(-n2c3c(ccc4c5ccccc5sc43)c3ccc4oc5ccccc5c4c32)c(-c2ccccc2)c1-n1c2cccc3c4ccccc4c4cccc1c4c32. The van der Waals surface area contributed by atoms with E-state index in [0.29, 0.717) is 22.5 Å². The predicted octanol–water partition coefficient (Wildman–Crippen LogP) is 17.6. The molecular weight excluding hydrogens is 849 g/mol. The molecule has 4 aromatic heterocycles. The minimum Gasteiger partial charge on any atom is -0.456 e. The van der Waals surface area contributed by atoms with Crippen molar-refractivity contribution < 1.29 is 4.42 Å². The fourth-order valence-electron chi connectivity index (χ4n) is 11.7. The molecule has 11 aromatic carbocycles. The second-order valence-corrected chi connectivity index (χ2v) is 18.7. The van der Waals surface area contributed by atoms with Crippen LogP contribution in [0.1, 0.15) is 5.56 Å². The van der Waals surface area contributed by atoms with Crippen molar-refractivity contribution in [3.05, 3.63) is 211 Å². The van der Waals surface area contributed by atoms with Crippen molar-refractivity contribution >= 4 is 124 Å². The molecule has 0 unspecified atom stereocenters. The first-order valence-corrected chi connectivity index (χ1v) is 23.5. The number of benzene rings is 11. The van der Waals surface area contributed by atoms with Gasteiger partial charge in [-0.15, -0.1) is 11.3 Å². The van der Waals surface area contributed by atoms with E-state index >= 15 is 0 Å². The summed E-state index contributed by atoms with van der Waals surface area (Å²) < 4.78 is 13.7. The average Bonchev–Trinajstić information content (AvgIpc) is 4.16. The van der Waals surface area contributed by atoms with Crippen LogP contribution in [0.4, 0.5) is 5.69 Å². The first-order valence-electron chi connectivity index (χ1n) is 22.7. The zero-order chi connectivity index (χ0) is 44.8. The molecule has 0 atom stereocenters. The quantitative estimate of drug-likeness (QED) is 0.131. The van der Waals surface area contributed by atoms with Gasteiger partial charge >= 0.3 is 0 Å². The van der Waals surface area contributed by atoms with E-state index < -0.39 is 0 Å². The van der Waals surface area contributed by atoms with Gasteiger partial charge < -0.3 is 13.6 Å². The smallest absolute Gasteiger partial charge is 0.220 e. The van der Waals surface area contributed by atoms with Gasteiger partial charge in [-0.1, -0.05) is 158 Å². The summed E-state index contributed by atoms with van der Waals surface area (Å²) in [7, 11) is 0. The van der Waals surface area contributed by atoms with Crippen LogP contribution in [0.15, 0.2) is 199 Å². The van der Waals surface area contributed by atoms with Crippen molar-refractivity contribution in [3.63, 3.8) is 0 Å². The Hall–Kier alpha value is -9.20. The lowest BCUT2D eigenvalue weighted by atomic mass is 9.88. The molecule has 0 saturated heterocycles. The largest absolute Gasteiger partial charge is 0.456 e. The first kappa shape index (κ1) is 37.1. The summed E-state index contributed by atoms with van der Waals surface area (Å²) in [5, 5.41) is 25.5. The number of hydrogen-bond donors (Lipinski definition) is 0. The Bertz CT molecular complexity index is 4660. The molecule has 0 amide bonds. The Morgan fingerprint density at radius 2 is 1.00 bits per heavy atom. The van der Waals surface area contributed by atoms with Gasteiger partial charge in [0, 0.05) is 53.5 Å². The molecule has 0 bridgehead atoms. The van der Waals surface area contributed by atoms with Gasteiger partial charge in [-0.2, -0.15) is 5.26 Å². The summed E-state index contributed by atoms with van der Waals surface area (Å²) in [6, 6.07) is 70.7. The minimum absolute atomic E-state index is 0.411. The number of furan rings is 1. The summed E-state index contributed by atoms with van der Waals surface area (Å²) in [5.74, 6) is 0. The van der Waals surface area contributed by atoms with E-state index in [-0.39, 0.29) is 0 Å². The number of aromatic nitrogens is 2. The number of hydrogen-bond acceptors (Lipinski definition) is 3. The van der Waals surface area contributed by atoms with Crippen LogP contribution in [0.5, 0.6) is 0 Å². The van der Waals surface area contributed by atoms with Gasteiger partial charge in [0.25, 0.3) is 0 Å². The highest BCUT2D eigenvalue weighted by atomic mass is 32.1. The van der Waals surface area contributed by atoms with E-state index in [9.17, 15) is 11.8 Å². The highest BCUT2D eigenvalue weighted by molar-refractivity contribution is 7.26. The fourth-order valence-corrected chi connectivity index (χ4v) is 12.9. The molecule has 6 heteroatoms. The van der Waals surface area contributed by atoms with Crippen LogP contribution in [0.2, 0.25) is 0 Å². The van der Waals surface area contributed by atoms with Crippen LogP contribution in [0, 0.1) is 17.9 Å². The molecule has 0 aliphatic carbocycles. The molecule has 0 aliphatic rings. The van der Waals surface area contributed by atoms with Crippen LogP contribution in [-0.4, -0.2) is 9.13 Å². The number of thiophene rings is 1. The maximum Gasteiger partial charge on any atom is 0.220 e.